The predicted molar refractivity (Wildman–Crippen MR) is 261 cm³/mol. The van der Waals surface area contributed by atoms with Crippen molar-refractivity contribution in [1.82, 2.24) is 14.5 Å². The van der Waals surface area contributed by atoms with Gasteiger partial charge in [0.05, 0.1) is 22.4 Å². The summed E-state index contributed by atoms with van der Waals surface area (Å²) in [4.78, 5) is 9.63. The number of rotatable bonds is 7. The maximum atomic E-state index is 4.82. The van der Waals surface area contributed by atoms with Crippen LogP contribution in [0.2, 0.25) is 0 Å². The average molecular weight is 796 g/mol. The van der Waals surface area contributed by atoms with Crippen molar-refractivity contribution in [3.05, 3.63) is 242 Å². The van der Waals surface area contributed by atoms with Crippen LogP contribution in [0.1, 0.15) is 24.1 Å². The fraction of sp³-hybridized carbons (Fsp3) is 0.0508. The third-order valence-electron chi connectivity index (χ3n) is 11.6. The summed E-state index contributed by atoms with van der Waals surface area (Å²) >= 11 is 0. The van der Waals surface area contributed by atoms with E-state index in [1.54, 1.807) is 0 Å². The molecule has 0 saturated carbocycles. The molecule has 0 unspecified atom stereocenters. The molecule has 1 aliphatic carbocycles. The first-order valence-corrected chi connectivity index (χ1v) is 21.4. The summed E-state index contributed by atoms with van der Waals surface area (Å²) in [6.45, 7) is 2.16. The van der Waals surface area contributed by atoms with Gasteiger partial charge in [-0.15, -0.1) is 0 Å². The van der Waals surface area contributed by atoms with E-state index in [0.29, 0.717) is 0 Å². The fourth-order valence-corrected chi connectivity index (χ4v) is 8.60. The molecule has 0 N–H and O–H groups in total. The smallest absolute Gasteiger partial charge is 0.160 e. The second-order valence-electron chi connectivity index (χ2n) is 15.7. The Morgan fingerprint density at radius 1 is 0.419 bits per heavy atom. The molecule has 0 aliphatic heterocycles. The van der Waals surface area contributed by atoms with Crippen LogP contribution in [0.5, 0.6) is 0 Å². The fourth-order valence-electron chi connectivity index (χ4n) is 8.60. The monoisotopic (exact) mass is 795 g/mol. The Morgan fingerprint density at radius 2 is 1.00 bits per heavy atom. The van der Waals surface area contributed by atoms with Gasteiger partial charge in [-0.05, 0) is 95.1 Å². The standard InChI is InChI=1S/C37H27N.C22H18N2/c1-26-13-12-18-30(23-26)38-36-22-11-10-21-33(36)35-25-29(24-34(37(35)38)28-16-6-3-7-17-28)32-20-9-8-19-31(32)27-14-4-2-5-15-27;1-4-10-17(11-5-1)20-16-21(18-12-6-2-7-13-18)24-22(23-20)19-14-8-3-9-15-19/h2-25H,1H3;1,3-6,8-16H,2,7H2. The lowest BCUT2D eigenvalue weighted by molar-refractivity contribution is 1.03. The molecule has 11 rings (SSSR count). The van der Waals surface area contributed by atoms with Crippen LogP contribution >= 0.6 is 0 Å². The number of fused-ring (bicyclic) bond motifs is 3. The highest BCUT2D eigenvalue weighted by Gasteiger charge is 2.20. The van der Waals surface area contributed by atoms with Crippen molar-refractivity contribution >= 4 is 27.4 Å². The molecule has 62 heavy (non-hydrogen) atoms. The van der Waals surface area contributed by atoms with Crippen molar-refractivity contribution in [2.45, 2.75) is 19.8 Å². The van der Waals surface area contributed by atoms with E-state index in [1.807, 2.05) is 36.4 Å². The van der Waals surface area contributed by atoms with Crippen LogP contribution in [0.4, 0.5) is 0 Å². The van der Waals surface area contributed by atoms with Crippen LogP contribution in [0.25, 0.3) is 89.1 Å². The summed E-state index contributed by atoms with van der Waals surface area (Å²) in [5.41, 5.74) is 17.6. The molecule has 10 aromatic rings. The van der Waals surface area contributed by atoms with Gasteiger partial charge in [0.1, 0.15) is 0 Å². The zero-order chi connectivity index (χ0) is 41.7. The zero-order valence-electron chi connectivity index (χ0n) is 34.7. The Hall–Kier alpha value is -7.88. The summed E-state index contributed by atoms with van der Waals surface area (Å²) in [5.74, 6) is 0.770. The Balaban J connectivity index is 0.000000164. The maximum absolute atomic E-state index is 4.82. The predicted octanol–water partition coefficient (Wildman–Crippen LogP) is 15.6. The molecular weight excluding hydrogens is 751 g/mol. The number of hydrogen-bond donors (Lipinski definition) is 0. The van der Waals surface area contributed by atoms with Crippen molar-refractivity contribution < 1.29 is 0 Å². The molecule has 3 nitrogen and oxygen atoms in total. The van der Waals surface area contributed by atoms with Gasteiger partial charge in [-0.1, -0.05) is 194 Å². The lowest BCUT2D eigenvalue weighted by Crippen LogP contribution is -1.98. The molecule has 0 fully saturated rings. The molecule has 0 bridgehead atoms. The minimum Gasteiger partial charge on any atom is -0.309 e. The molecule has 0 radical (unpaired) electrons. The first-order valence-electron chi connectivity index (χ1n) is 21.4. The third-order valence-corrected chi connectivity index (χ3v) is 11.6. The maximum Gasteiger partial charge on any atom is 0.160 e. The van der Waals surface area contributed by atoms with Gasteiger partial charge in [-0.25, -0.2) is 9.97 Å². The number of hydrogen-bond acceptors (Lipinski definition) is 2. The largest absolute Gasteiger partial charge is 0.309 e. The van der Waals surface area contributed by atoms with Gasteiger partial charge >= 0.3 is 0 Å². The molecule has 0 atom stereocenters. The number of para-hydroxylation sites is 1. The molecular formula is C59H45N3. The lowest BCUT2D eigenvalue weighted by atomic mass is 9.91. The zero-order valence-corrected chi connectivity index (χ0v) is 34.7. The highest BCUT2D eigenvalue weighted by Crippen LogP contribution is 2.43. The van der Waals surface area contributed by atoms with Gasteiger partial charge in [0.2, 0.25) is 0 Å². The third kappa shape index (κ3) is 7.80. The van der Waals surface area contributed by atoms with Crippen molar-refractivity contribution in [1.29, 1.82) is 0 Å². The van der Waals surface area contributed by atoms with Crippen LogP contribution < -0.4 is 0 Å². The molecule has 296 valence electrons. The number of allylic oxidation sites excluding steroid dienone is 4. The van der Waals surface area contributed by atoms with E-state index < -0.39 is 0 Å². The molecule has 8 aromatic carbocycles. The van der Waals surface area contributed by atoms with Crippen LogP contribution in [0.15, 0.2) is 231 Å². The topological polar surface area (TPSA) is 30.7 Å². The number of aryl methyl sites for hydroxylation is 1. The van der Waals surface area contributed by atoms with Crippen LogP contribution in [-0.2, 0) is 0 Å². The van der Waals surface area contributed by atoms with Crippen molar-refractivity contribution in [3.63, 3.8) is 0 Å². The van der Waals surface area contributed by atoms with Gasteiger partial charge in [-0.2, -0.15) is 0 Å². The van der Waals surface area contributed by atoms with Crippen molar-refractivity contribution in [2.24, 2.45) is 0 Å². The van der Waals surface area contributed by atoms with E-state index in [9.17, 15) is 0 Å². The Kier molecular flexibility index (Phi) is 10.7. The molecule has 2 heterocycles. The van der Waals surface area contributed by atoms with Gasteiger partial charge < -0.3 is 4.57 Å². The number of aromatic nitrogens is 3. The highest BCUT2D eigenvalue weighted by atomic mass is 15.0. The van der Waals surface area contributed by atoms with Gasteiger partial charge in [0.15, 0.2) is 5.82 Å². The number of benzene rings is 8. The van der Waals surface area contributed by atoms with E-state index in [4.69, 9.17) is 9.97 Å². The number of nitrogens with zero attached hydrogens (tertiary/aromatic N) is 3. The van der Waals surface area contributed by atoms with Crippen molar-refractivity contribution in [3.8, 4) is 61.7 Å². The van der Waals surface area contributed by atoms with E-state index in [2.05, 4.69) is 206 Å². The first-order chi connectivity index (χ1) is 30.7. The molecule has 1 aliphatic rings. The Bertz CT molecular complexity index is 3160. The van der Waals surface area contributed by atoms with E-state index in [-0.39, 0.29) is 0 Å². The SMILES string of the molecule is C1=CC(c2cc(-c3ccccc3)nc(-c3ccccc3)n2)=CCC1.Cc1cccc(-n2c3ccccc3c3cc(-c4ccccc4-c4ccccc4)cc(-c4ccccc4)c32)c1. The van der Waals surface area contributed by atoms with Crippen molar-refractivity contribution in [2.75, 3.05) is 0 Å². The van der Waals surface area contributed by atoms with Crippen LogP contribution in [0, 0.1) is 6.92 Å². The molecule has 3 heteroatoms. The molecule has 0 amide bonds. The van der Waals surface area contributed by atoms with Gasteiger partial charge in [0.25, 0.3) is 0 Å². The summed E-state index contributed by atoms with van der Waals surface area (Å²) in [5, 5.41) is 2.53. The summed E-state index contributed by atoms with van der Waals surface area (Å²) in [7, 11) is 0. The lowest BCUT2D eigenvalue weighted by Gasteiger charge is -2.16. The Labute approximate surface area is 363 Å². The van der Waals surface area contributed by atoms with Crippen LogP contribution in [-0.4, -0.2) is 14.5 Å². The molecule has 0 saturated heterocycles. The normalized spacial score (nSPS) is 12.2. The quantitative estimate of drug-likeness (QED) is 0.161. The van der Waals surface area contributed by atoms with Gasteiger partial charge in [-0.3, -0.25) is 0 Å². The van der Waals surface area contributed by atoms with E-state index in [1.165, 1.54) is 72.0 Å². The minimum absolute atomic E-state index is 0.770. The van der Waals surface area contributed by atoms with Gasteiger partial charge in [0, 0.05) is 33.2 Å². The van der Waals surface area contributed by atoms with E-state index >= 15 is 0 Å². The second-order valence-corrected chi connectivity index (χ2v) is 15.7. The average Bonchev–Trinajstić information content (AvgIpc) is 3.69. The van der Waals surface area contributed by atoms with Crippen LogP contribution in [0.3, 0.4) is 0 Å². The summed E-state index contributed by atoms with van der Waals surface area (Å²) in [6, 6.07) is 75.1. The minimum atomic E-state index is 0.770. The Morgan fingerprint density at radius 3 is 1.66 bits per heavy atom. The summed E-state index contributed by atoms with van der Waals surface area (Å²) < 4.78 is 2.44. The second kappa shape index (κ2) is 17.4. The molecule has 0 spiro atoms. The first kappa shape index (κ1) is 38.3. The highest BCUT2D eigenvalue weighted by molar-refractivity contribution is 6.15. The molecule has 2 aromatic heterocycles. The van der Waals surface area contributed by atoms with E-state index in [0.717, 1.165) is 41.2 Å². The summed E-state index contributed by atoms with van der Waals surface area (Å²) in [6.07, 6.45) is 8.80.